The van der Waals surface area contributed by atoms with Crippen LogP contribution in [0.4, 0.5) is 8.78 Å². The van der Waals surface area contributed by atoms with Crippen molar-refractivity contribution in [2.75, 3.05) is 6.54 Å². The van der Waals surface area contributed by atoms with Gasteiger partial charge in [0.2, 0.25) is 0 Å². The van der Waals surface area contributed by atoms with E-state index in [0.29, 0.717) is 28.0 Å². The van der Waals surface area contributed by atoms with Crippen LogP contribution in [0.15, 0.2) is 49.2 Å². The Hall–Kier alpha value is -3.03. The van der Waals surface area contributed by atoms with Crippen LogP contribution in [-0.4, -0.2) is 31.8 Å². The number of amides is 1. The quantitative estimate of drug-likeness (QED) is 0.659. The van der Waals surface area contributed by atoms with Crippen LogP contribution in [0.3, 0.4) is 0 Å². The van der Waals surface area contributed by atoms with Crippen LogP contribution >= 0.6 is 0 Å². The zero-order chi connectivity index (χ0) is 18.5. The Bertz CT molecular complexity index is 856. The van der Waals surface area contributed by atoms with Crippen LogP contribution in [0.25, 0.3) is 11.1 Å². The van der Waals surface area contributed by atoms with E-state index < -0.39 is 6.55 Å². The zero-order valence-electron chi connectivity index (χ0n) is 14.3. The van der Waals surface area contributed by atoms with E-state index in [0.717, 1.165) is 18.5 Å². The largest absolute Gasteiger partial charge is 0.352 e. The second-order valence-electron chi connectivity index (χ2n) is 5.85. The minimum atomic E-state index is -2.67. The Morgan fingerprint density at radius 1 is 1.27 bits per heavy atom. The Labute approximate surface area is 149 Å². The Morgan fingerprint density at radius 3 is 2.65 bits per heavy atom. The molecule has 0 atom stereocenters. The summed E-state index contributed by atoms with van der Waals surface area (Å²) in [7, 11) is 0. The number of hydrogen-bond donors (Lipinski definition) is 1. The molecular weight excluding hydrogens is 340 g/mol. The highest BCUT2D eigenvalue weighted by atomic mass is 19.3. The van der Waals surface area contributed by atoms with E-state index in [-0.39, 0.29) is 5.91 Å². The smallest absolute Gasteiger partial charge is 0.333 e. The lowest BCUT2D eigenvalue weighted by Crippen LogP contribution is -2.25. The monoisotopic (exact) mass is 359 g/mol. The third kappa shape index (κ3) is 3.96. The highest BCUT2D eigenvalue weighted by Gasteiger charge is 2.15. The molecule has 0 saturated heterocycles. The van der Waals surface area contributed by atoms with Crippen LogP contribution < -0.4 is 5.32 Å². The molecule has 0 aliphatic heterocycles. The lowest BCUT2D eigenvalue weighted by molar-refractivity contribution is 0.0545. The van der Waals surface area contributed by atoms with Gasteiger partial charge in [-0.25, -0.2) is 9.67 Å². The van der Waals surface area contributed by atoms with Crippen LogP contribution in [0.5, 0.6) is 0 Å². The van der Waals surface area contributed by atoms with Gasteiger partial charge in [-0.05, 0) is 31.0 Å². The van der Waals surface area contributed by atoms with Crippen LogP contribution in [0.2, 0.25) is 0 Å². The number of aromatic nitrogens is 4. The second kappa shape index (κ2) is 7.90. The van der Waals surface area contributed by atoms with Gasteiger partial charge in [-0.1, -0.05) is 12.1 Å². The molecule has 0 saturated carbocycles. The fraction of sp³-hybridized carbons (Fsp3) is 0.278. The fourth-order valence-electron chi connectivity index (χ4n) is 2.69. The summed E-state index contributed by atoms with van der Waals surface area (Å²) in [6.45, 7) is 0.261. The highest BCUT2D eigenvalue weighted by Crippen LogP contribution is 2.26. The van der Waals surface area contributed by atoms with Crippen molar-refractivity contribution in [3.05, 3.63) is 60.4 Å². The highest BCUT2D eigenvalue weighted by molar-refractivity contribution is 5.94. The van der Waals surface area contributed by atoms with Crippen LogP contribution in [0, 0.1) is 6.92 Å². The molecule has 0 bridgehead atoms. The number of nitrogens with zero attached hydrogens (tertiary/aromatic N) is 4. The first-order chi connectivity index (χ1) is 12.6. The molecule has 136 valence electrons. The van der Waals surface area contributed by atoms with Gasteiger partial charge < -0.3 is 9.88 Å². The predicted octanol–water partition coefficient (Wildman–Crippen LogP) is 3.27. The summed E-state index contributed by atoms with van der Waals surface area (Å²) in [6.07, 6.45) is 7.53. The lowest BCUT2D eigenvalue weighted by Gasteiger charge is -2.07. The summed E-state index contributed by atoms with van der Waals surface area (Å²) in [4.78, 5) is 16.1. The van der Waals surface area contributed by atoms with E-state index in [1.54, 1.807) is 43.7 Å². The number of rotatable bonds is 7. The topological polar surface area (TPSA) is 64.7 Å². The maximum Gasteiger partial charge on any atom is 0.333 e. The van der Waals surface area contributed by atoms with Crippen molar-refractivity contribution in [2.45, 2.75) is 26.4 Å². The first-order valence-electron chi connectivity index (χ1n) is 8.23. The number of carbonyl (C=O) groups excluding carboxylic acids is 1. The number of alkyl halides is 2. The fourth-order valence-corrected chi connectivity index (χ4v) is 2.69. The van der Waals surface area contributed by atoms with E-state index >= 15 is 0 Å². The first-order valence-corrected chi connectivity index (χ1v) is 8.23. The molecule has 1 amide bonds. The van der Waals surface area contributed by atoms with Gasteiger partial charge in [0.1, 0.15) is 0 Å². The lowest BCUT2D eigenvalue weighted by atomic mass is 10.0. The van der Waals surface area contributed by atoms with E-state index in [1.165, 1.54) is 6.20 Å². The first kappa shape index (κ1) is 17.8. The van der Waals surface area contributed by atoms with Crippen molar-refractivity contribution in [3.8, 4) is 11.1 Å². The average Bonchev–Trinajstić information content (AvgIpc) is 3.28. The SMILES string of the molecule is Cc1c(-c2ccc(C(=O)NCCCn3ccnc3)cc2)cnn1C(F)F. The molecule has 3 rings (SSSR count). The number of benzene rings is 1. The third-order valence-electron chi connectivity index (χ3n) is 4.13. The Kier molecular flexibility index (Phi) is 5.40. The van der Waals surface area contributed by atoms with Gasteiger partial charge >= 0.3 is 6.55 Å². The van der Waals surface area contributed by atoms with Crippen molar-refractivity contribution >= 4 is 5.91 Å². The number of aryl methyl sites for hydroxylation is 1. The minimum Gasteiger partial charge on any atom is -0.352 e. The van der Waals surface area contributed by atoms with Crippen molar-refractivity contribution in [3.63, 3.8) is 0 Å². The zero-order valence-corrected chi connectivity index (χ0v) is 14.3. The molecule has 3 aromatic rings. The van der Waals surface area contributed by atoms with E-state index in [2.05, 4.69) is 15.4 Å². The van der Waals surface area contributed by atoms with E-state index in [1.807, 2.05) is 10.8 Å². The van der Waals surface area contributed by atoms with E-state index in [9.17, 15) is 13.6 Å². The number of carbonyl (C=O) groups is 1. The van der Waals surface area contributed by atoms with Crippen molar-refractivity contribution in [1.82, 2.24) is 24.6 Å². The molecule has 8 heteroatoms. The van der Waals surface area contributed by atoms with Gasteiger partial charge in [0.25, 0.3) is 5.91 Å². The molecule has 0 fully saturated rings. The molecule has 0 radical (unpaired) electrons. The maximum absolute atomic E-state index is 12.8. The molecule has 0 aliphatic carbocycles. The molecule has 1 aromatic carbocycles. The van der Waals surface area contributed by atoms with Gasteiger partial charge in [0.15, 0.2) is 0 Å². The summed E-state index contributed by atoms with van der Waals surface area (Å²) in [5.74, 6) is -0.165. The summed E-state index contributed by atoms with van der Waals surface area (Å²) in [5.41, 5.74) is 2.27. The van der Waals surface area contributed by atoms with Gasteiger partial charge in [-0.2, -0.15) is 13.9 Å². The molecule has 0 aliphatic rings. The van der Waals surface area contributed by atoms with Gasteiger partial charge in [-0.3, -0.25) is 4.79 Å². The van der Waals surface area contributed by atoms with Crippen LogP contribution in [0.1, 0.15) is 29.0 Å². The molecule has 2 heterocycles. The van der Waals surface area contributed by atoms with Crippen molar-refractivity contribution < 1.29 is 13.6 Å². The summed E-state index contributed by atoms with van der Waals surface area (Å²) in [5, 5.41) is 6.56. The maximum atomic E-state index is 12.8. The average molecular weight is 359 g/mol. The molecule has 0 unspecified atom stereocenters. The Balaban J connectivity index is 1.57. The molecule has 0 spiro atoms. The number of nitrogens with one attached hydrogen (secondary N) is 1. The summed E-state index contributed by atoms with van der Waals surface area (Å²) < 4.78 is 28.2. The standard InChI is InChI=1S/C18H19F2N5O/c1-13-16(11-23-25(13)18(19)20)14-3-5-15(6-4-14)17(26)22-7-2-9-24-10-8-21-12-24/h3-6,8,10-12,18H,2,7,9H2,1H3,(H,22,26). The number of halogens is 2. The summed E-state index contributed by atoms with van der Waals surface area (Å²) in [6, 6.07) is 6.83. The predicted molar refractivity (Wildman–Crippen MR) is 92.8 cm³/mol. The normalized spacial score (nSPS) is 11.1. The molecule has 2 aromatic heterocycles. The Morgan fingerprint density at radius 2 is 2.04 bits per heavy atom. The summed E-state index contributed by atoms with van der Waals surface area (Å²) >= 11 is 0. The van der Waals surface area contributed by atoms with Crippen molar-refractivity contribution in [1.29, 1.82) is 0 Å². The van der Waals surface area contributed by atoms with Gasteiger partial charge in [0.05, 0.1) is 12.5 Å². The molecule has 1 N–H and O–H groups in total. The van der Waals surface area contributed by atoms with E-state index in [4.69, 9.17) is 0 Å². The second-order valence-corrected chi connectivity index (χ2v) is 5.85. The van der Waals surface area contributed by atoms with Gasteiger partial charge in [-0.15, -0.1) is 0 Å². The van der Waals surface area contributed by atoms with Crippen molar-refractivity contribution in [2.24, 2.45) is 0 Å². The van der Waals surface area contributed by atoms with Gasteiger partial charge in [0, 0.05) is 42.3 Å². The third-order valence-corrected chi connectivity index (χ3v) is 4.13. The van der Waals surface area contributed by atoms with Crippen LogP contribution in [-0.2, 0) is 6.54 Å². The number of imidazole rings is 1. The number of hydrogen-bond acceptors (Lipinski definition) is 3. The molecular formula is C18H19F2N5O. The molecule has 6 nitrogen and oxygen atoms in total. The minimum absolute atomic E-state index is 0.165. The molecule has 26 heavy (non-hydrogen) atoms.